The average molecular weight is 277 g/mol. The van der Waals surface area contributed by atoms with Crippen molar-refractivity contribution in [3.8, 4) is 0 Å². The Bertz CT molecular complexity index is 569. The van der Waals surface area contributed by atoms with Crippen molar-refractivity contribution in [2.45, 2.75) is 26.8 Å². The summed E-state index contributed by atoms with van der Waals surface area (Å²) in [5.74, 6) is 0.110. The van der Waals surface area contributed by atoms with E-state index in [1.807, 2.05) is 37.4 Å². The van der Waals surface area contributed by atoms with Gasteiger partial charge >= 0.3 is 0 Å². The predicted octanol–water partition coefficient (Wildman–Crippen LogP) is 3.60. The maximum atomic E-state index is 12.4. The highest BCUT2D eigenvalue weighted by molar-refractivity contribution is 7.12. The molecule has 0 saturated heterocycles. The van der Waals surface area contributed by atoms with E-state index in [0.29, 0.717) is 6.61 Å². The molecule has 2 aromatic heterocycles. The first-order chi connectivity index (χ1) is 9.06. The fourth-order valence-electron chi connectivity index (χ4n) is 2.54. The van der Waals surface area contributed by atoms with Crippen molar-refractivity contribution in [2.75, 3.05) is 13.7 Å². The zero-order valence-corrected chi connectivity index (χ0v) is 12.6. The van der Waals surface area contributed by atoms with E-state index < -0.39 is 0 Å². The predicted molar refractivity (Wildman–Crippen MR) is 78.2 cm³/mol. The highest BCUT2D eigenvalue weighted by Gasteiger charge is 2.20. The third-order valence-electron chi connectivity index (χ3n) is 3.32. The summed E-state index contributed by atoms with van der Waals surface area (Å²) in [6, 6.07) is 5.99. The molecular weight excluding hydrogens is 258 g/mol. The molecule has 0 aliphatic carbocycles. The number of carbonyl (C=O) groups excluding carboxylic acids is 1. The van der Waals surface area contributed by atoms with Gasteiger partial charge in [-0.25, -0.2) is 0 Å². The molecule has 2 aromatic rings. The largest absolute Gasteiger partial charge is 0.383 e. The number of nitrogens with zero attached hydrogens (tertiary/aromatic N) is 1. The molecule has 0 radical (unpaired) electrons. The van der Waals surface area contributed by atoms with E-state index in [1.165, 1.54) is 11.3 Å². The molecule has 0 spiro atoms. The quantitative estimate of drug-likeness (QED) is 0.782. The Hall–Kier alpha value is -1.39. The number of thiophene rings is 1. The smallest absolute Gasteiger partial charge is 0.204 e. The molecule has 0 fully saturated rings. The molecule has 3 nitrogen and oxygen atoms in total. The van der Waals surface area contributed by atoms with Crippen molar-refractivity contribution < 1.29 is 9.53 Å². The molecule has 2 heterocycles. The van der Waals surface area contributed by atoms with Gasteiger partial charge in [-0.1, -0.05) is 6.07 Å². The molecule has 2 rings (SSSR count). The normalized spacial score (nSPS) is 12.6. The van der Waals surface area contributed by atoms with Crippen LogP contribution in [0.1, 0.15) is 39.6 Å². The van der Waals surface area contributed by atoms with Gasteiger partial charge in [0.2, 0.25) is 5.78 Å². The number of ether oxygens (including phenoxy) is 1. The van der Waals surface area contributed by atoms with Crippen molar-refractivity contribution in [1.82, 2.24) is 4.57 Å². The van der Waals surface area contributed by atoms with Gasteiger partial charge in [0.05, 0.1) is 17.5 Å². The highest BCUT2D eigenvalue weighted by Crippen LogP contribution is 2.24. The topological polar surface area (TPSA) is 31.2 Å². The molecule has 19 heavy (non-hydrogen) atoms. The van der Waals surface area contributed by atoms with Crippen molar-refractivity contribution in [2.24, 2.45) is 0 Å². The Labute approximate surface area is 117 Å². The first kappa shape index (κ1) is 14.0. The Morgan fingerprint density at radius 3 is 2.79 bits per heavy atom. The van der Waals surface area contributed by atoms with Crippen LogP contribution in [0.25, 0.3) is 0 Å². The van der Waals surface area contributed by atoms with Gasteiger partial charge < -0.3 is 9.30 Å². The van der Waals surface area contributed by atoms with Crippen LogP contribution in [0.2, 0.25) is 0 Å². The molecule has 0 aliphatic heterocycles. The van der Waals surface area contributed by atoms with Gasteiger partial charge in [0, 0.05) is 24.1 Å². The molecular formula is C15H19NO2S. The Balaban J connectivity index is 2.39. The van der Waals surface area contributed by atoms with Crippen LogP contribution in [-0.2, 0) is 4.74 Å². The van der Waals surface area contributed by atoms with Gasteiger partial charge in [-0.3, -0.25) is 4.79 Å². The molecule has 102 valence electrons. The minimum Gasteiger partial charge on any atom is -0.383 e. The Morgan fingerprint density at radius 2 is 2.21 bits per heavy atom. The van der Waals surface area contributed by atoms with Crippen LogP contribution in [0.3, 0.4) is 0 Å². The molecule has 4 heteroatoms. The number of ketones is 1. The minimum atomic E-state index is 0.110. The van der Waals surface area contributed by atoms with Crippen LogP contribution in [0, 0.1) is 13.8 Å². The minimum absolute atomic E-state index is 0.110. The molecule has 0 bridgehead atoms. The van der Waals surface area contributed by atoms with Gasteiger partial charge in [0.25, 0.3) is 0 Å². The van der Waals surface area contributed by atoms with Crippen molar-refractivity contribution in [3.05, 3.63) is 45.4 Å². The van der Waals surface area contributed by atoms with Crippen molar-refractivity contribution >= 4 is 17.1 Å². The standard InChI is InChI=1S/C15H19NO2S/c1-10-8-13(15(17)14-6-5-7-19-14)12(3)16(10)11(2)9-18-4/h5-8,11H,9H2,1-4H3. The van der Waals surface area contributed by atoms with Crippen LogP contribution >= 0.6 is 11.3 Å². The number of carbonyl (C=O) groups is 1. The van der Waals surface area contributed by atoms with Crippen LogP contribution in [0.4, 0.5) is 0 Å². The first-order valence-electron chi connectivity index (χ1n) is 6.31. The summed E-state index contributed by atoms with van der Waals surface area (Å²) in [4.78, 5) is 13.2. The summed E-state index contributed by atoms with van der Waals surface area (Å²) in [5, 5.41) is 1.93. The molecule has 1 unspecified atom stereocenters. The maximum absolute atomic E-state index is 12.4. The third-order valence-corrected chi connectivity index (χ3v) is 4.19. The molecule has 0 N–H and O–H groups in total. The Morgan fingerprint density at radius 1 is 1.47 bits per heavy atom. The van der Waals surface area contributed by atoms with Gasteiger partial charge in [-0.2, -0.15) is 0 Å². The lowest BCUT2D eigenvalue weighted by Gasteiger charge is -2.17. The third kappa shape index (κ3) is 2.65. The van der Waals surface area contributed by atoms with Crippen LogP contribution in [0.15, 0.2) is 23.6 Å². The van der Waals surface area contributed by atoms with Gasteiger partial charge in [-0.15, -0.1) is 11.3 Å². The summed E-state index contributed by atoms with van der Waals surface area (Å²) in [7, 11) is 1.70. The van der Waals surface area contributed by atoms with Crippen molar-refractivity contribution in [1.29, 1.82) is 0 Å². The number of rotatable bonds is 5. The van der Waals surface area contributed by atoms with E-state index in [4.69, 9.17) is 4.74 Å². The number of aryl methyl sites for hydroxylation is 1. The van der Waals surface area contributed by atoms with Gasteiger partial charge in [-0.05, 0) is 38.3 Å². The molecule has 0 saturated carbocycles. The molecule has 1 atom stereocenters. The maximum Gasteiger partial charge on any atom is 0.204 e. The van der Waals surface area contributed by atoms with Crippen LogP contribution < -0.4 is 0 Å². The van der Waals surface area contributed by atoms with Gasteiger partial charge in [0.15, 0.2) is 0 Å². The van der Waals surface area contributed by atoms with E-state index in [-0.39, 0.29) is 11.8 Å². The summed E-state index contributed by atoms with van der Waals surface area (Å²) >= 11 is 1.48. The summed E-state index contributed by atoms with van der Waals surface area (Å²) in [6.45, 7) is 6.77. The van der Waals surface area contributed by atoms with Gasteiger partial charge in [0.1, 0.15) is 0 Å². The summed E-state index contributed by atoms with van der Waals surface area (Å²) in [6.07, 6.45) is 0. The van der Waals surface area contributed by atoms with Crippen LogP contribution in [0.5, 0.6) is 0 Å². The highest BCUT2D eigenvalue weighted by atomic mass is 32.1. The second-order valence-corrected chi connectivity index (χ2v) is 5.71. The lowest BCUT2D eigenvalue weighted by molar-refractivity contribution is 0.104. The molecule has 0 aliphatic rings. The monoisotopic (exact) mass is 277 g/mol. The second-order valence-electron chi connectivity index (χ2n) is 4.77. The summed E-state index contributed by atoms with van der Waals surface area (Å²) in [5.41, 5.74) is 2.91. The Kier molecular flexibility index (Phi) is 4.22. The summed E-state index contributed by atoms with van der Waals surface area (Å²) < 4.78 is 7.38. The number of methoxy groups -OCH3 is 1. The van der Waals surface area contributed by atoms with E-state index >= 15 is 0 Å². The zero-order valence-electron chi connectivity index (χ0n) is 11.8. The second kappa shape index (κ2) is 5.72. The average Bonchev–Trinajstić information content (AvgIpc) is 2.97. The fourth-order valence-corrected chi connectivity index (χ4v) is 3.22. The zero-order chi connectivity index (χ0) is 14.0. The van der Waals surface area contributed by atoms with E-state index in [1.54, 1.807) is 7.11 Å². The first-order valence-corrected chi connectivity index (χ1v) is 7.19. The van der Waals surface area contributed by atoms with Crippen molar-refractivity contribution in [3.63, 3.8) is 0 Å². The number of hydrogen-bond acceptors (Lipinski definition) is 3. The SMILES string of the molecule is COCC(C)n1c(C)cc(C(=O)c2cccs2)c1C. The lowest BCUT2D eigenvalue weighted by Crippen LogP contribution is -2.14. The van der Waals surface area contributed by atoms with Crippen LogP contribution in [-0.4, -0.2) is 24.1 Å². The number of aromatic nitrogens is 1. The van der Waals surface area contributed by atoms with E-state index in [0.717, 1.165) is 21.8 Å². The number of hydrogen-bond donors (Lipinski definition) is 0. The van der Waals surface area contributed by atoms with E-state index in [2.05, 4.69) is 11.5 Å². The fraction of sp³-hybridized carbons (Fsp3) is 0.400. The molecule has 0 amide bonds. The lowest BCUT2D eigenvalue weighted by atomic mass is 10.1. The molecule has 0 aromatic carbocycles. The van der Waals surface area contributed by atoms with E-state index in [9.17, 15) is 4.79 Å².